The molecule has 3 N–H and O–H groups in total. The predicted octanol–water partition coefficient (Wildman–Crippen LogP) is 3.70. The summed E-state index contributed by atoms with van der Waals surface area (Å²) in [7, 11) is 0. The van der Waals surface area contributed by atoms with Crippen LogP contribution < -0.4 is 15.4 Å². The number of benzene rings is 1. The third kappa shape index (κ3) is 6.11. The van der Waals surface area contributed by atoms with Gasteiger partial charge in [-0.25, -0.2) is 14.8 Å². The van der Waals surface area contributed by atoms with Crippen molar-refractivity contribution in [1.29, 1.82) is 0 Å². The number of thiazole rings is 1. The molecule has 0 spiro atoms. The fourth-order valence-electron chi connectivity index (χ4n) is 3.06. The Morgan fingerprint density at radius 2 is 1.97 bits per heavy atom. The molecule has 1 aliphatic rings. The van der Waals surface area contributed by atoms with E-state index in [0.717, 1.165) is 53.3 Å². The minimum Gasteiger partial charge on any atom is -0.494 e. The summed E-state index contributed by atoms with van der Waals surface area (Å²) < 4.78 is 39.3. The number of anilines is 1. The van der Waals surface area contributed by atoms with E-state index in [1.165, 1.54) is 11.3 Å². The molecular formula is C21H22F3N5O4S. The summed E-state index contributed by atoms with van der Waals surface area (Å²) >= 11 is 1.39. The van der Waals surface area contributed by atoms with Crippen LogP contribution >= 0.6 is 11.3 Å². The Bertz CT molecular complexity index is 1160. The number of nitrogens with zero attached hydrogens (tertiary/aromatic N) is 3. The summed E-state index contributed by atoms with van der Waals surface area (Å²) in [5.41, 5.74) is 1.69. The van der Waals surface area contributed by atoms with Crippen LogP contribution in [0.15, 0.2) is 30.5 Å². The van der Waals surface area contributed by atoms with Gasteiger partial charge in [-0.1, -0.05) is 0 Å². The Kier molecular flexibility index (Phi) is 7.89. The monoisotopic (exact) mass is 497 g/mol. The number of rotatable bonds is 5. The average Bonchev–Trinajstić information content (AvgIpc) is 3.38. The van der Waals surface area contributed by atoms with Crippen LogP contribution in [0.2, 0.25) is 0 Å². The maximum atomic E-state index is 12.8. The molecule has 34 heavy (non-hydrogen) atoms. The molecule has 0 saturated heterocycles. The SMILES string of the molecule is CCOc1ccc(-c2nc(C)c(C(=O)Nc3cnc4n3CCNC4)s2)cc1.O=C(O)C(F)(F)F. The number of hydrogen-bond acceptors (Lipinski definition) is 7. The second-order valence-electron chi connectivity index (χ2n) is 7.04. The lowest BCUT2D eigenvalue weighted by Crippen LogP contribution is -2.29. The van der Waals surface area contributed by atoms with Crippen molar-refractivity contribution in [2.75, 3.05) is 18.5 Å². The number of hydrogen-bond donors (Lipinski definition) is 3. The maximum Gasteiger partial charge on any atom is 0.490 e. The van der Waals surface area contributed by atoms with Crippen LogP contribution in [-0.4, -0.2) is 50.8 Å². The third-order valence-electron chi connectivity index (χ3n) is 4.63. The van der Waals surface area contributed by atoms with Crippen molar-refractivity contribution < 1.29 is 32.6 Å². The number of alkyl halides is 3. The number of aryl methyl sites for hydroxylation is 1. The number of carboxylic acids is 1. The van der Waals surface area contributed by atoms with Crippen molar-refractivity contribution in [2.24, 2.45) is 0 Å². The summed E-state index contributed by atoms with van der Waals surface area (Å²) in [5.74, 6) is -0.414. The topological polar surface area (TPSA) is 118 Å². The molecule has 9 nitrogen and oxygen atoms in total. The fourth-order valence-corrected chi connectivity index (χ4v) is 4.03. The Morgan fingerprint density at radius 1 is 1.29 bits per heavy atom. The van der Waals surface area contributed by atoms with E-state index in [0.29, 0.717) is 11.5 Å². The van der Waals surface area contributed by atoms with Crippen LogP contribution in [-0.2, 0) is 17.9 Å². The van der Waals surface area contributed by atoms with E-state index in [1.54, 1.807) is 6.20 Å². The molecule has 3 heterocycles. The minimum atomic E-state index is -5.08. The summed E-state index contributed by atoms with van der Waals surface area (Å²) in [6, 6.07) is 7.76. The molecule has 3 aromatic rings. The van der Waals surface area contributed by atoms with E-state index in [9.17, 15) is 18.0 Å². The van der Waals surface area contributed by atoms with Gasteiger partial charge in [0, 0.05) is 18.7 Å². The number of aromatic nitrogens is 3. The van der Waals surface area contributed by atoms with E-state index >= 15 is 0 Å². The number of halogens is 3. The lowest BCUT2D eigenvalue weighted by molar-refractivity contribution is -0.192. The standard InChI is InChI=1S/C19H21N5O2S.C2HF3O2/c1-3-26-14-6-4-13(5-7-14)19-22-12(2)17(27-19)18(25)23-16-11-21-15-10-20-8-9-24(15)16;3-2(4,5)1(6)7/h4-7,11,20H,3,8-10H2,1-2H3,(H,23,25);(H,6,7). The highest BCUT2D eigenvalue weighted by Gasteiger charge is 2.38. The highest BCUT2D eigenvalue weighted by atomic mass is 32.1. The summed E-state index contributed by atoms with van der Waals surface area (Å²) in [6.45, 7) is 6.83. The van der Waals surface area contributed by atoms with Crippen molar-refractivity contribution >= 4 is 29.0 Å². The molecule has 0 fully saturated rings. The number of carbonyl (C=O) groups excluding carboxylic acids is 1. The lowest BCUT2D eigenvalue weighted by atomic mass is 10.2. The van der Waals surface area contributed by atoms with Crippen molar-refractivity contribution in [3.05, 3.63) is 46.9 Å². The van der Waals surface area contributed by atoms with Gasteiger partial charge >= 0.3 is 12.1 Å². The quantitative estimate of drug-likeness (QED) is 0.492. The van der Waals surface area contributed by atoms with Gasteiger partial charge in [-0.2, -0.15) is 13.2 Å². The van der Waals surface area contributed by atoms with Gasteiger partial charge < -0.3 is 25.0 Å². The average molecular weight is 497 g/mol. The number of carbonyl (C=O) groups is 2. The normalized spacial score (nSPS) is 12.9. The van der Waals surface area contributed by atoms with E-state index in [1.807, 2.05) is 42.7 Å². The molecule has 0 radical (unpaired) electrons. The summed E-state index contributed by atoms with van der Waals surface area (Å²) in [5, 5.41) is 14.2. The maximum absolute atomic E-state index is 12.8. The molecular weight excluding hydrogens is 475 g/mol. The van der Waals surface area contributed by atoms with Crippen LogP contribution in [0.5, 0.6) is 5.75 Å². The second kappa shape index (κ2) is 10.7. The molecule has 0 aliphatic carbocycles. The molecule has 0 bridgehead atoms. The Labute approximate surface area is 196 Å². The molecule has 1 aliphatic heterocycles. The van der Waals surface area contributed by atoms with E-state index < -0.39 is 12.1 Å². The fraction of sp³-hybridized carbons (Fsp3) is 0.333. The molecule has 0 atom stereocenters. The molecule has 0 saturated carbocycles. The van der Waals surface area contributed by atoms with Gasteiger partial charge in [0.15, 0.2) is 0 Å². The Balaban J connectivity index is 0.000000406. The molecule has 0 unspecified atom stereocenters. The van der Waals surface area contributed by atoms with Crippen molar-refractivity contribution in [3.8, 4) is 16.3 Å². The van der Waals surface area contributed by atoms with Crippen molar-refractivity contribution in [3.63, 3.8) is 0 Å². The molecule has 1 amide bonds. The van der Waals surface area contributed by atoms with Crippen molar-refractivity contribution in [1.82, 2.24) is 19.9 Å². The Hall–Kier alpha value is -3.45. The largest absolute Gasteiger partial charge is 0.494 e. The number of aliphatic carboxylic acids is 1. The van der Waals surface area contributed by atoms with Gasteiger partial charge in [-0.05, 0) is 38.1 Å². The van der Waals surface area contributed by atoms with Crippen LogP contribution in [0.3, 0.4) is 0 Å². The zero-order valence-corrected chi connectivity index (χ0v) is 19.1. The molecule has 2 aromatic heterocycles. The van der Waals surface area contributed by atoms with E-state index in [2.05, 4.69) is 20.6 Å². The van der Waals surface area contributed by atoms with Crippen molar-refractivity contribution in [2.45, 2.75) is 33.1 Å². The number of fused-ring (bicyclic) bond motifs is 1. The van der Waals surface area contributed by atoms with E-state index in [-0.39, 0.29) is 5.91 Å². The number of nitrogens with one attached hydrogen (secondary N) is 2. The predicted molar refractivity (Wildman–Crippen MR) is 119 cm³/mol. The zero-order chi connectivity index (χ0) is 24.9. The third-order valence-corrected chi connectivity index (χ3v) is 5.84. The first-order valence-corrected chi connectivity index (χ1v) is 11.0. The Morgan fingerprint density at radius 3 is 2.59 bits per heavy atom. The van der Waals surface area contributed by atoms with Crippen LogP contribution in [0, 0.1) is 6.92 Å². The molecule has 182 valence electrons. The second-order valence-corrected chi connectivity index (χ2v) is 8.04. The van der Waals surface area contributed by atoms with Gasteiger partial charge in [0.25, 0.3) is 5.91 Å². The van der Waals surface area contributed by atoms with E-state index in [4.69, 9.17) is 14.6 Å². The minimum absolute atomic E-state index is 0.150. The van der Waals surface area contributed by atoms with Gasteiger partial charge in [0.2, 0.25) is 0 Å². The van der Waals surface area contributed by atoms with Gasteiger partial charge in [0.05, 0.1) is 25.0 Å². The van der Waals surface area contributed by atoms with Gasteiger partial charge in [0.1, 0.15) is 27.3 Å². The highest BCUT2D eigenvalue weighted by Crippen LogP contribution is 2.30. The first-order valence-electron chi connectivity index (χ1n) is 10.2. The summed E-state index contributed by atoms with van der Waals surface area (Å²) in [4.78, 5) is 31.2. The molecule has 13 heteroatoms. The molecule has 4 rings (SSSR count). The first-order chi connectivity index (χ1) is 16.1. The smallest absolute Gasteiger partial charge is 0.490 e. The number of amides is 1. The van der Waals surface area contributed by atoms with Crippen LogP contribution in [0.4, 0.5) is 19.0 Å². The first kappa shape index (κ1) is 25.2. The number of ether oxygens (including phenoxy) is 1. The number of carboxylic acid groups (broad SMARTS) is 1. The lowest BCUT2D eigenvalue weighted by Gasteiger charge is -2.17. The summed E-state index contributed by atoms with van der Waals surface area (Å²) in [6.07, 6.45) is -3.37. The zero-order valence-electron chi connectivity index (χ0n) is 18.3. The highest BCUT2D eigenvalue weighted by molar-refractivity contribution is 7.17. The van der Waals surface area contributed by atoms with Gasteiger partial charge in [-0.15, -0.1) is 11.3 Å². The van der Waals surface area contributed by atoms with Gasteiger partial charge in [-0.3, -0.25) is 4.79 Å². The van der Waals surface area contributed by atoms with Crippen LogP contribution in [0.1, 0.15) is 28.1 Å². The van der Waals surface area contributed by atoms with Crippen LogP contribution in [0.25, 0.3) is 10.6 Å². The number of imidazole rings is 1. The molecule has 1 aromatic carbocycles.